The molecule has 1 aliphatic heterocycles. The maximum atomic E-state index is 13.1. The highest BCUT2D eigenvalue weighted by Crippen LogP contribution is 2.44. The summed E-state index contributed by atoms with van der Waals surface area (Å²) in [6, 6.07) is 13.8. The molecule has 1 heterocycles. The van der Waals surface area contributed by atoms with Crippen molar-refractivity contribution in [1.82, 2.24) is 0 Å². The van der Waals surface area contributed by atoms with E-state index in [9.17, 15) is 27.8 Å². The fourth-order valence-corrected chi connectivity index (χ4v) is 4.47. The van der Waals surface area contributed by atoms with Crippen LogP contribution in [0, 0.1) is 11.3 Å². The number of esters is 2. The molecule has 3 rings (SSSR count). The summed E-state index contributed by atoms with van der Waals surface area (Å²) in [5.74, 6) is -3.47. The zero-order valence-corrected chi connectivity index (χ0v) is 19.7. The van der Waals surface area contributed by atoms with E-state index in [-0.39, 0.29) is 28.4 Å². The van der Waals surface area contributed by atoms with Crippen molar-refractivity contribution in [2.45, 2.75) is 10.8 Å². The molecule has 3 N–H and O–H groups in total. The fraction of sp³-hybridized carbons (Fsp3) is 0.174. The average molecular weight is 500 g/mol. The van der Waals surface area contributed by atoms with Crippen LogP contribution >= 0.6 is 0 Å². The number of carbonyl (C=O) groups is 2. The monoisotopic (exact) mass is 499 g/mol. The number of benzene rings is 2. The molecule has 0 aliphatic carbocycles. The van der Waals surface area contributed by atoms with Crippen molar-refractivity contribution in [1.29, 1.82) is 5.26 Å². The minimum absolute atomic E-state index is 0.0698. The number of anilines is 1. The van der Waals surface area contributed by atoms with E-state index in [1.165, 1.54) is 19.2 Å². The Balaban J connectivity index is 2.51. The van der Waals surface area contributed by atoms with Gasteiger partial charge in [-0.3, -0.25) is 9.45 Å². The van der Waals surface area contributed by atoms with E-state index in [4.69, 9.17) is 19.9 Å². The minimum Gasteiger partial charge on any atom is -0.497 e. The number of ether oxygens (including phenoxy) is 3. The van der Waals surface area contributed by atoms with Gasteiger partial charge in [0, 0.05) is 6.07 Å². The lowest BCUT2D eigenvalue weighted by Crippen LogP contribution is -2.41. The van der Waals surface area contributed by atoms with Gasteiger partial charge in [-0.1, -0.05) is 30.3 Å². The summed E-state index contributed by atoms with van der Waals surface area (Å²) in [5, 5.41) is 10.0. The van der Waals surface area contributed by atoms with Crippen LogP contribution in [0.15, 0.2) is 76.1 Å². The van der Waals surface area contributed by atoms with Crippen molar-refractivity contribution in [2.24, 2.45) is 5.73 Å². The van der Waals surface area contributed by atoms with Crippen LogP contribution in [0.1, 0.15) is 11.5 Å². The Kier molecular flexibility index (Phi) is 7.14. The van der Waals surface area contributed by atoms with Gasteiger partial charge in [0.2, 0.25) is 0 Å². The molecule has 0 aromatic heterocycles. The van der Waals surface area contributed by atoms with E-state index in [0.717, 1.165) is 25.2 Å². The standard InChI is InChI=1S/C23H21N3O8S/c1-32-14-9-10-16(17(11-14)35(29,30)31)26-20(23(28)34-3)19(22(27)33-2)18(15(12-24)21(26)25)13-7-5-4-6-8-13/h4-11,18H,25H2,1-3H3,(H,29,30,31). The summed E-state index contributed by atoms with van der Waals surface area (Å²) in [6.45, 7) is 0. The van der Waals surface area contributed by atoms with Crippen LogP contribution in [-0.2, 0) is 29.2 Å². The molecule has 1 unspecified atom stereocenters. The number of nitriles is 1. The summed E-state index contributed by atoms with van der Waals surface area (Å²) >= 11 is 0. The third kappa shape index (κ3) is 4.54. The van der Waals surface area contributed by atoms with E-state index in [1.54, 1.807) is 30.3 Å². The Labute approximate surface area is 201 Å². The topological polar surface area (TPSA) is 169 Å². The zero-order chi connectivity index (χ0) is 25.9. The maximum Gasteiger partial charge on any atom is 0.355 e. The van der Waals surface area contributed by atoms with Crippen molar-refractivity contribution >= 4 is 27.7 Å². The first-order valence-electron chi connectivity index (χ1n) is 9.91. The SMILES string of the molecule is COC(=O)C1=C(C(=O)OC)N(c2ccc(OC)cc2S(=O)(=O)O)C(N)=C(C#N)C1c1ccccc1. The van der Waals surface area contributed by atoms with Crippen molar-refractivity contribution in [3.05, 3.63) is 76.8 Å². The van der Waals surface area contributed by atoms with E-state index in [2.05, 4.69) is 0 Å². The van der Waals surface area contributed by atoms with Crippen LogP contribution in [0.5, 0.6) is 5.75 Å². The first-order chi connectivity index (χ1) is 16.6. The van der Waals surface area contributed by atoms with Gasteiger partial charge in [0.1, 0.15) is 22.2 Å². The molecule has 2 aromatic carbocycles. The van der Waals surface area contributed by atoms with Crippen LogP contribution in [0.4, 0.5) is 5.69 Å². The molecule has 0 amide bonds. The van der Waals surface area contributed by atoms with Gasteiger partial charge in [0.05, 0.1) is 50.2 Å². The molecule has 0 saturated heterocycles. The van der Waals surface area contributed by atoms with Gasteiger partial charge < -0.3 is 19.9 Å². The largest absolute Gasteiger partial charge is 0.497 e. The predicted molar refractivity (Wildman–Crippen MR) is 122 cm³/mol. The van der Waals surface area contributed by atoms with E-state index in [1.807, 2.05) is 6.07 Å². The molecule has 0 radical (unpaired) electrons. The average Bonchev–Trinajstić information content (AvgIpc) is 2.86. The maximum absolute atomic E-state index is 13.1. The minimum atomic E-state index is -4.90. The Morgan fingerprint density at radius 2 is 1.69 bits per heavy atom. The molecule has 0 saturated carbocycles. The number of nitrogens with zero attached hydrogens (tertiary/aromatic N) is 2. The fourth-order valence-electron chi connectivity index (χ4n) is 3.78. The van der Waals surface area contributed by atoms with E-state index in [0.29, 0.717) is 5.56 Å². The first-order valence-corrected chi connectivity index (χ1v) is 11.4. The predicted octanol–water partition coefficient (Wildman–Crippen LogP) is 1.84. The van der Waals surface area contributed by atoms with Crippen LogP contribution in [0.3, 0.4) is 0 Å². The Morgan fingerprint density at radius 3 is 2.20 bits per heavy atom. The van der Waals surface area contributed by atoms with Crippen LogP contribution < -0.4 is 15.4 Å². The smallest absolute Gasteiger partial charge is 0.355 e. The highest BCUT2D eigenvalue weighted by Gasteiger charge is 2.44. The molecular weight excluding hydrogens is 478 g/mol. The summed E-state index contributed by atoms with van der Waals surface area (Å²) in [6.07, 6.45) is 0. The summed E-state index contributed by atoms with van der Waals surface area (Å²) in [5.41, 5.74) is 5.50. The molecule has 12 heteroatoms. The third-order valence-corrected chi connectivity index (χ3v) is 6.18. The normalized spacial score (nSPS) is 16.0. The third-order valence-electron chi connectivity index (χ3n) is 5.30. The number of allylic oxidation sites excluding steroid dienone is 1. The number of carbonyl (C=O) groups excluding carboxylic acids is 2. The summed E-state index contributed by atoms with van der Waals surface area (Å²) in [7, 11) is -1.48. The van der Waals surface area contributed by atoms with Gasteiger partial charge in [-0.25, -0.2) is 9.59 Å². The second kappa shape index (κ2) is 9.88. The molecule has 1 atom stereocenters. The Hall–Kier alpha value is -4.34. The lowest BCUT2D eigenvalue weighted by atomic mass is 9.81. The Morgan fingerprint density at radius 1 is 1.06 bits per heavy atom. The van der Waals surface area contributed by atoms with Crippen LogP contribution in [0.2, 0.25) is 0 Å². The molecule has 0 fully saturated rings. The molecular formula is C23H21N3O8S. The van der Waals surface area contributed by atoms with Crippen molar-refractivity contribution in [3.8, 4) is 11.8 Å². The highest BCUT2D eigenvalue weighted by atomic mass is 32.2. The molecule has 2 aromatic rings. The zero-order valence-electron chi connectivity index (χ0n) is 18.9. The number of nitrogens with two attached hydrogens (primary N) is 1. The van der Waals surface area contributed by atoms with Crippen molar-refractivity contribution < 1.29 is 36.8 Å². The van der Waals surface area contributed by atoms with E-state index < -0.39 is 38.6 Å². The molecule has 1 aliphatic rings. The van der Waals surface area contributed by atoms with Crippen molar-refractivity contribution in [2.75, 3.05) is 26.2 Å². The Bertz CT molecular complexity index is 1390. The summed E-state index contributed by atoms with van der Waals surface area (Å²) in [4.78, 5) is 26.3. The van der Waals surface area contributed by atoms with Crippen LogP contribution in [0.25, 0.3) is 0 Å². The molecule has 0 spiro atoms. The number of hydrogen-bond acceptors (Lipinski definition) is 10. The summed E-state index contributed by atoms with van der Waals surface area (Å²) < 4.78 is 49.3. The molecule has 11 nitrogen and oxygen atoms in total. The van der Waals surface area contributed by atoms with Gasteiger partial charge in [-0.2, -0.15) is 13.7 Å². The number of hydrogen-bond donors (Lipinski definition) is 2. The second-order valence-corrected chi connectivity index (χ2v) is 8.53. The van der Waals surface area contributed by atoms with Gasteiger partial charge in [-0.05, 0) is 17.7 Å². The first kappa shape index (κ1) is 25.3. The number of rotatable bonds is 6. The lowest BCUT2D eigenvalue weighted by Gasteiger charge is -2.36. The highest BCUT2D eigenvalue weighted by molar-refractivity contribution is 7.86. The van der Waals surface area contributed by atoms with Crippen molar-refractivity contribution in [3.63, 3.8) is 0 Å². The second-order valence-electron chi connectivity index (χ2n) is 7.14. The van der Waals surface area contributed by atoms with Gasteiger partial charge in [-0.15, -0.1) is 0 Å². The molecule has 35 heavy (non-hydrogen) atoms. The lowest BCUT2D eigenvalue weighted by molar-refractivity contribution is -0.139. The van der Waals surface area contributed by atoms with Gasteiger partial charge >= 0.3 is 11.9 Å². The molecule has 0 bridgehead atoms. The van der Waals surface area contributed by atoms with Gasteiger partial charge in [0.25, 0.3) is 10.1 Å². The van der Waals surface area contributed by atoms with E-state index >= 15 is 0 Å². The number of methoxy groups -OCH3 is 3. The molecule has 182 valence electrons. The van der Waals surface area contributed by atoms with Crippen LogP contribution in [-0.4, -0.2) is 46.2 Å². The van der Waals surface area contributed by atoms with Gasteiger partial charge in [0.15, 0.2) is 0 Å². The quantitative estimate of drug-likeness (QED) is 0.439.